The van der Waals surface area contributed by atoms with Crippen LogP contribution in [0.15, 0.2) is 4.99 Å². The summed E-state index contributed by atoms with van der Waals surface area (Å²) in [6, 6.07) is 0. The van der Waals surface area contributed by atoms with Crippen LogP contribution in [0.2, 0.25) is 0 Å². The van der Waals surface area contributed by atoms with Gasteiger partial charge in [0.1, 0.15) is 0 Å². The maximum absolute atomic E-state index is 10.0. The zero-order valence-corrected chi connectivity index (χ0v) is 5.97. The van der Waals surface area contributed by atoms with Crippen LogP contribution in [0.3, 0.4) is 0 Å². The lowest BCUT2D eigenvalue weighted by atomic mass is 10.7. The second-order valence-electron chi connectivity index (χ2n) is 0.879. The molecule has 0 atom stereocenters. The van der Waals surface area contributed by atoms with Crippen molar-refractivity contribution in [3.05, 3.63) is 0 Å². The monoisotopic (exact) mass is 212 g/mol. The second kappa shape index (κ2) is 2.95. The first kappa shape index (κ1) is 6.87. The van der Waals surface area contributed by atoms with Crippen molar-refractivity contribution in [2.24, 2.45) is 10.7 Å². The molecule has 3 nitrogen and oxygen atoms in total. The van der Waals surface area contributed by atoms with Crippen LogP contribution in [0.25, 0.3) is 0 Å². The van der Waals surface area contributed by atoms with E-state index in [1.165, 1.54) is 7.05 Å². The van der Waals surface area contributed by atoms with Crippen LogP contribution in [0.5, 0.6) is 0 Å². The molecule has 0 aliphatic rings. The molecule has 40 valence electrons. The van der Waals surface area contributed by atoms with Crippen LogP contribution in [-0.4, -0.2) is 16.7 Å². The van der Waals surface area contributed by atoms with Crippen molar-refractivity contribution in [2.75, 3.05) is 7.05 Å². The molecule has 0 radical (unpaired) electrons. The molecule has 4 heteroatoms. The number of hydrogen-bond donors (Lipinski definition) is 1. The van der Waals surface area contributed by atoms with Crippen molar-refractivity contribution >= 4 is 32.2 Å². The van der Waals surface area contributed by atoms with E-state index in [0.29, 0.717) is 3.72 Å². The van der Waals surface area contributed by atoms with E-state index in [1.54, 1.807) is 22.6 Å². The summed E-state index contributed by atoms with van der Waals surface area (Å²) in [5.41, 5.74) is 4.77. The van der Waals surface area contributed by atoms with E-state index in [2.05, 4.69) is 4.99 Å². The van der Waals surface area contributed by atoms with E-state index in [1.807, 2.05) is 0 Å². The Morgan fingerprint density at radius 2 is 2.29 bits per heavy atom. The fraction of sp³-hybridized carbons (Fsp3) is 0.333. The molecule has 0 saturated carbocycles. The number of nitrogens with two attached hydrogens (primary N) is 1. The molecule has 0 aliphatic carbocycles. The number of carbonyl (C=O) groups excluding carboxylic acids is 1. The molecule has 2 N–H and O–H groups in total. The Hall–Kier alpha value is -0.130. The highest BCUT2D eigenvalue weighted by Crippen LogP contribution is 1.85. The van der Waals surface area contributed by atoms with Crippen molar-refractivity contribution in [2.45, 2.75) is 0 Å². The number of rotatable bonds is 1. The van der Waals surface area contributed by atoms with Crippen molar-refractivity contribution in [1.82, 2.24) is 0 Å². The van der Waals surface area contributed by atoms with Gasteiger partial charge in [0.05, 0.1) is 0 Å². The lowest BCUT2D eigenvalue weighted by Crippen LogP contribution is -2.17. The third kappa shape index (κ3) is 2.55. The molecule has 0 spiro atoms. The minimum absolute atomic E-state index is 0.331. The normalized spacial score (nSPS) is 11.4. The predicted molar refractivity (Wildman–Crippen MR) is 36.6 cm³/mol. The Bertz CT molecular complexity index is 110. The quantitative estimate of drug-likeness (QED) is 0.480. The van der Waals surface area contributed by atoms with E-state index in [-0.39, 0.29) is 0 Å². The summed E-state index contributed by atoms with van der Waals surface area (Å²) in [7, 11) is 1.52. The highest BCUT2D eigenvalue weighted by atomic mass is 127. The maximum atomic E-state index is 10.0. The first-order valence-electron chi connectivity index (χ1n) is 1.60. The van der Waals surface area contributed by atoms with Gasteiger partial charge in [-0.3, -0.25) is 9.79 Å². The maximum Gasteiger partial charge on any atom is 0.273 e. The smallest absolute Gasteiger partial charge is 0.273 e. The molecule has 0 heterocycles. The molecule has 0 fully saturated rings. The Labute approximate surface area is 55.1 Å². The van der Waals surface area contributed by atoms with Gasteiger partial charge in [-0.15, -0.1) is 0 Å². The average molecular weight is 212 g/mol. The van der Waals surface area contributed by atoms with Gasteiger partial charge in [0.2, 0.25) is 0 Å². The number of nitrogens with zero attached hydrogens (tertiary/aromatic N) is 1. The van der Waals surface area contributed by atoms with Crippen molar-refractivity contribution < 1.29 is 4.79 Å². The topological polar surface area (TPSA) is 55.4 Å². The van der Waals surface area contributed by atoms with Gasteiger partial charge in [0, 0.05) is 7.05 Å². The van der Waals surface area contributed by atoms with Gasteiger partial charge in [-0.1, -0.05) is 0 Å². The van der Waals surface area contributed by atoms with E-state index in [9.17, 15) is 4.79 Å². The molecule has 0 aromatic rings. The number of primary amides is 1. The van der Waals surface area contributed by atoms with E-state index < -0.39 is 5.91 Å². The molecular weight excluding hydrogens is 207 g/mol. The summed E-state index contributed by atoms with van der Waals surface area (Å²) in [5, 5.41) is 0. The Balaban J connectivity index is 3.82. The minimum Gasteiger partial charge on any atom is -0.364 e. The summed E-state index contributed by atoms with van der Waals surface area (Å²) in [5.74, 6) is -0.469. The van der Waals surface area contributed by atoms with Gasteiger partial charge in [-0.05, 0) is 22.6 Å². The third-order valence-electron chi connectivity index (χ3n) is 0.400. The Kier molecular flexibility index (Phi) is 2.89. The number of amides is 1. The van der Waals surface area contributed by atoms with E-state index >= 15 is 0 Å². The minimum atomic E-state index is -0.469. The standard InChI is InChI=1S/C3H5IN2O/c1-6-2(4)3(5)7/h1H3,(H2,5,7). The number of halogens is 1. The largest absolute Gasteiger partial charge is 0.364 e. The van der Waals surface area contributed by atoms with Crippen LogP contribution in [0, 0.1) is 0 Å². The molecule has 0 rings (SSSR count). The fourth-order valence-corrected chi connectivity index (χ4v) is 0.110. The average Bonchev–Trinajstić information content (AvgIpc) is 1.65. The number of hydrogen-bond acceptors (Lipinski definition) is 2. The first-order chi connectivity index (χ1) is 3.18. The number of carbonyl (C=O) groups is 1. The van der Waals surface area contributed by atoms with Gasteiger partial charge in [0.25, 0.3) is 5.91 Å². The molecule has 0 bridgehead atoms. The highest BCUT2D eigenvalue weighted by Gasteiger charge is 1.95. The summed E-state index contributed by atoms with van der Waals surface area (Å²) in [6.07, 6.45) is 0. The summed E-state index contributed by atoms with van der Waals surface area (Å²) < 4.78 is 0.331. The fourth-order valence-electron chi connectivity index (χ4n) is 0.110. The van der Waals surface area contributed by atoms with Crippen LogP contribution in [0.4, 0.5) is 0 Å². The highest BCUT2D eigenvalue weighted by molar-refractivity contribution is 14.1. The van der Waals surface area contributed by atoms with Gasteiger partial charge >= 0.3 is 0 Å². The molecule has 0 aromatic carbocycles. The third-order valence-corrected chi connectivity index (χ3v) is 1.41. The van der Waals surface area contributed by atoms with Crippen molar-refractivity contribution in [3.8, 4) is 0 Å². The summed E-state index contributed by atoms with van der Waals surface area (Å²) in [4.78, 5) is 13.5. The van der Waals surface area contributed by atoms with Crippen LogP contribution in [-0.2, 0) is 4.79 Å². The van der Waals surface area contributed by atoms with Crippen LogP contribution >= 0.6 is 22.6 Å². The van der Waals surface area contributed by atoms with Crippen molar-refractivity contribution in [1.29, 1.82) is 0 Å². The lowest BCUT2D eigenvalue weighted by molar-refractivity contribution is -0.111. The summed E-state index contributed by atoms with van der Waals surface area (Å²) >= 11 is 1.77. The zero-order chi connectivity index (χ0) is 5.86. The number of aliphatic imine (C=N–C) groups is 1. The lowest BCUT2D eigenvalue weighted by Gasteiger charge is -1.82. The predicted octanol–water partition coefficient (Wildman–Crippen LogP) is -0.0650. The van der Waals surface area contributed by atoms with Gasteiger partial charge in [-0.2, -0.15) is 0 Å². The molecule has 0 unspecified atom stereocenters. The second-order valence-corrected chi connectivity index (χ2v) is 1.90. The molecule has 0 aliphatic heterocycles. The van der Waals surface area contributed by atoms with Crippen LogP contribution < -0.4 is 5.73 Å². The Morgan fingerprint density at radius 1 is 1.86 bits per heavy atom. The van der Waals surface area contributed by atoms with Gasteiger partial charge in [0.15, 0.2) is 3.72 Å². The van der Waals surface area contributed by atoms with Crippen LogP contribution in [0.1, 0.15) is 0 Å². The van der Waals surface area contributed by atoms with Gasteiger partial charge in [-0.25, -0.2) is 0 Å². The van der Waals surface area contributed by atoms with Crippen molar-refractivity contribution in [3.63, 3.8) is 0 Å². The van der Waals surface area contributed by atoms with Gasteiger partial charge < -0.3 is 5.73 Å². The molecular formula is C3H5IN2O. The van der Waals surface area contributed by atoms with E-state index in [0.717, 1.165) is 0 Å². The summed E-state index contributed by atoms with van der Waals surface area (Å²) in [6.45, 7) is 0. The molecule has 1 amide bonds. The molecule has 0 aromatic heterocycles. The molecule has 7 heavy (non-hydrogen) atoms. The zero-order valence-electron chi connectivity index (χ0n) is 3.81. The Morgan fingerprint density at radius 3 is 2.29 bits per heavy atom. The first-order valence-corrected chi connectivity index (χ1v) is 2.68. The van der Waals surface area contributed by atoms with E-state index in [4.69, 9.17) is 5.73 Å². The molecule has 0 saturated heterocycles. The SMILES string of the molecule is CN=C(I)C(N)=O.